The zero-order valence-corrected chi connectivity index (χ0v) is 14.9. The lowest BCUT2D eigenvalue weighted by molar-refractivity contribution is -0.137. The van der Waals surface area contributed by atoms with Gasteiger partial charge < -0.3 is 20.9 Å². The molecule has 28 heavy (non-hydrogen) atoms. The van der Waals surface area contributed by atoms with Crippen LogP contribution in [0.5, 0.6) is 0 Å². The first-order valence-electron chi connectivity index (χ1n) is 8.45. The number of amides is 1. The average Bonchev–Trinajstić information content (AvgIpc) is 2.64. The Hall–Kier alpha value is -2.78. The molecule has 5 nitrogen and oxygen atoms in total. The van der Waals surface area contributed by atoms with Crippen LogP contribution in [0.15, 0.2) is 48.9 Å². The van der Waals surface area contributed by atoms with Crippen molar-refractivity contribution >= 4 is 11.6 Å². The number of rotatable bonds is 6. The fourth-order valence-corrected chi connectivity index (χ4v) is 3.03. The topological polar surface area (TPSA) is 61.6 Å². The highest BCUT2D eigenvalue weighted by Gasteiger charge is 2.33. The van der Waals surface area contributed by atoms with Crippen molar-refractivity contribution in [2.45, 2.75) is 12.6 Å². The third-order valence-electron chi connectivity index (χ3n) is 4.28. The van der Waals surface area contributed by atoms with Gasteiger partial charge >= 0.3 is 6.18 Å². The number of nitrogens with one attached hydrogen (secondary N) is 1. The molecule has 0 bridgehead atoms. The molecule has 1 heterocycles. The standard InChI is InChI=1S/C18H21F5N4O/c1-2-16(28)25-8-12-9-26(11-15(19)20)17(7-24)27(10-12)14-5-3-13(4-6-14)18(21,22)23/h2-7,12,15H,1,8-11,24H2,(H,25,28)/b17-7+. The summed E-state index contributed by atoms with van der Waals surface area (Å²) in [5.41, 5.74) is 5.20. The number of carbonyl (C=O) groups is 1. The summed E-state index contributed by atoms with van der Waals surface area (Å²) in [7, 11) is 0. The van der Waals surface area contributed by atoms with Gasteiger partial charge in [0.25, 0.3) is 6.43 Å². The molecule has 0 aliphatic carbocycles. The van der Waals surface area contributed by atoms with E-state index >= 15 is 0 Å². The van der Waals surface area contributed by atoms with Crippen LogP contribution in [0.2, 0.25) is 0 Å². The second-order valence-corrected chi connectivity index (χ2v) is 6.29. The van der Waals surface area contributed by atoms with E-state index in [1.165, 1.54) is 17.0 Å². The quantitative estimate of drug-likeness (QED) is 0.566. The minimum absolute atomic E-state index is 0.194. The van der Waals surface area contributed by atoms with E-state index in [9.17, 15) is 26.7 Å². The number of hydrogen-bond acceptors (Lipinski definition) is 4. The van der Waals surface area contributed by atoms with Gasteiger partial charge in [0.15, 0.2) is 0 Å². The normalized spacial score (nSPS) is 19.2. The summed E-state index contributed by atoms with van der Waals surface area (Å²) < 4.78 is 64.4. The highest BCUT2D eigenvalue weighted by molar-refractivity contribution is 5.86. The molecule has 1 aliphatic heterocycles. The molecule has 1 atom stereocenters. The molecule has 0 aromatic heterocycles. The maximum Gasteiger partial charge on any atom is 0.416 e. The van der Waals surface area contributed by atoms with Gasteiger partial charge in [0.2, 0.25) is 5.91 Å². The third kappa shape index (κ3) is 5.37. The van der Waals surface area contributed by atoms with Crippen LogP contribution in [0.4, 0.5) is 27.6 Å². The van der Waals surface area contributed by atoms with Crippen molar-refractivity contribution in [3.05, 3.63) is 54.5 Å². The number of alkyl halides is 5. The molecule has 1 saturated heterocycles. The van der Waals surface area contributed by atoms with Gasteiger partial charge in [-0.1, -0.05) is 6.58 Å². The van der Waals surface area contributed by atoms with Gasteiger partial charge in [0.1, 0.15) is 5.82 Å². The Morgan fingerprint density at radius 1 is 1.29 bits per heavy atom. The fraction of sp³-hybridized carbons (Fsp3) is 0.389. The number of anilines is 1. The monoisotopic (exact) mass is 404 g/mol. The summed E-state index contributed by atoms with van der Waals surface area (Å²) in [5, 5.41) is 2.61. The average molecular weight is 404 g/mol. The lowest BCUT2D eigenvalue weighted by Crippen LogP contribution is -2.52. The third-order valence-corrected chi connectivity index (χ3v) is 4.28. The van der Waals surface area contributed by atoms with Crippen molar-refractivity contribution in [2.24, 2.45) is 11.7 Å². The summed E-state index contributed by atoms with van der Waals surface area (Å²) in [6, 6.07) is 4.36. The van der Waals surface area contributed by atoms with Gasteiger partial charge in [0.05, 0.1) is 12.1 Å². The maximum atomic E-state index is 13.0. The van der Waals surface area contributed by atoms with E-state index in [4.69, 9.17) is 5.73 Å². The van der Waals surface area contributed by atoms with Crippen LogP contribution >= 0.6 is 0 Å². The molecular weight excluding hydrogens is 383 g/mol. The number of carbonyl (C=O) groups excluding carboxylic acids is 1. The maximum absolute atomic E-state index is 13.0. The van der Waals surface area contributed by atoms with Crippen molar-refractivity contribution in [2.75, 3.05) is 31.1 Å². The Morgan fingerprint density at radius 2 is 1.93 bits per heavy atom. The van der Waals surface area contributed by atoms with Crippen LogP contribution in [-0.4, -0.2) is 43.4 Å². The summed E-state index contributed by atoms with van der Waals surface area (Å²) in [4.78, 5) is 14.3. The summed E-state index contributed by atoms with van der Waals surface area (Å²) >= 11 is 0. The Kier molecular flexibility index (Phi) is 6.87. The molecule has 2 rings (SSSR count). The molecule has 10 heteroatoms. The Labute approximate surface area is 159 Å². The molecule has 1 fully saturated rings. The van der Waals surface area contributed by atoms with Crippen molar-refractivity contribution in [3.8, 4) is 0 Å². The molecule has 0 saturated carbocycles. The van der Waals surface area contributed by atoms with E-state index in [1.807, 2.05) is 0 Å². The summed E-state index contributed by atoms with van der Waals surface area (Å²) in [6.07, 6.45) is -4.87. The van der Waals surface area contributed by atoms with Gasteiger partial charge in [-0.2, -0.15) is 13.2 Å². The number of nitrogens with zero attached hydrogens (tertiary/aromatic N) is 2. The van der Waals surface area contributed by atoms with Crippen LogP contribution in [0.3, 0.4) is 0 Å². The van der Waals surface area contributed by atoms with Crippen LogP contribution in [-0.2, 0) is 11.0 Å². The molecule has 0 spiro atoms. The largest absolute Gasteiger partial charge is 0.416 e. The van der Waals surface area contributed by atoms with Crippen molar-refractivity contribution in [1.82, 2.24) is 10.2 Å². The molecule has 1 unspecified atom stereocenters. The van der Waals surface area contributed by atoms with Crippen LogP contribution in [0.25, 0.3) is 0 Å². The van der Waals surface area contributed by atoms with Crippen LogP contribution < -0.4 is 16.0 Å². The van der Waals surface area contributed by atoms with Gasteiger partial charge in [-0.05, 0) is 30.3 Å². The first-order chi connectivity index (χ1) is 13.2. The number of halogens is 5. The molecule has 1 aliphatic rings. The van der Waals surface area contributed by atoms with Crippen molar-refractivity contribution < 1.29 is 26.7 Å². The van der Waals surface area contributed by atoms with E-state index in [1.54, 1.807) is 4.90 Å². The minimum atomic E-state index is -4.48. The zero-order chi connectivity index (χ0) is 20.9. The molecule has 3 N–H and O–H groups in total. The van der Waals surface area contributed by atoms with Gasteiger partial charge in [-0.25, -0.2) is 8.78 Å². The summed E-state index contributed by atoms with van der Waals surface area (Å²) in [5.74, 6) is -0.387. The Morgan fingerprint density at radius 3 is 2.43 bits per heavy atom. The smallest absolute Gasteiger partial charge is 0.402 e. The second kappa shape index (κ2) is 8.94. The van der Waals surface area contributed by atoms with Crippen molar-refractivity contribution in [3.63, 3.8) is 0 Å². The number of benzene rings is 1. The van der Waals surface area contributed by atoms with Crippen LogP contribution in [0, 0.1) is 5.92 Å². The molecule has 1 amide bonds. The Bertz CT molecular complexity index is 718. The van der Waals surface area contributed by atoms with E-state index in [0.717, 1.165) is 24.4 Å². The van der Waals surface area contributed by atoms with E-state index in [2.05, 4.69) is 11.9 Å². The van der Waals surface area contributed by atoms with Gasteiger partial charge in [0, 0.05) is 37.4 Å². The molecule has 1 aromatic rings. The molecule has 0 radical (unpaired) electrons. The molecule has 154 valence electrons. The second-order valence-electron chi connectivity index (χ2n) is 6.29. The van der Waals surface area contributed by atoms with Gasteiger partial charge in [-0.15, -0.1) is 0 Å². The highest BCUT2D eigenvalue weighted by Crippen LogP contribution is 2.33. The van der Waals surface area contributed by atoms with E-state index in [-0.39, 0.29) is 31.4 Å². The lowest BCUT2D eigenvalue weighted by Gasteiger charge is -2.44. The fourth-order valence-electron chi connectivity index (χ4n) is 3.03. The summed E-state index contributed by atoms with van der Waals surface area (Å²) in [6.45, 7) is 3.44. The van der Waals surface area contributed by atoms with E-state index < -0.39 is 30.6 Å². The molecule has 1 aromatic carbocycles. The zero-order valence-electron chi connectivity index (χ0n) is 14.9. The number of hydrogen-bond donors (Lipinski definition) is 2. The predicted molar refractivity (Wildman–Crippen MR) is 95.3 cm³/mol. The molecular formula is C18H21F5N4O. The van der Waals surface area contributed by atoms with E-state index in [0.29, 0.717) is 5.69 Å². The first kappa shape index (κ1) is 21.5. The van der Waals surface area contributed by atoms with Gasteiger partial charge in [-0.3, -0.25) is 4.79 Å². The minimum Gasteiger partial charge on any atom is -0.402 e. The number of nitrogens with two attached hydrogens (primary N) is 1. The first-order valence-corrected chi connectivity index (χ1v) is 8.45. The predicted octanol–water partition coefficient (Wildman–Crippen LogP) is 2.77. The van der Waals surface area contributed by atoms with Crippen molar-refractivity contribution in [1.29, 1.82) is 0 Å². The highest BCUT2D eigenvalue weighted by atomic mass is 19.4. The SMILES string of the molecule is C=CC(=O)NCC1CN(CC(F)F)/C(=C\N)N(c2ccc(C(F)(F)F)cc2)C1. The van der Waals surface area contributed by atoms with Crippen LogP contribution in [0.1, 0.15) is 5.56 Å². The lowest BCUT2D eigenvalue weighted by atomic mass is 10.0. The Balaban J connectivity index is 2.29.